The van der Waals surface area contributed by atoms with Crippen LogP contribution in [0, 0.1) is 5.92 Å². The molecule has 0 bridgehead atoms. The van der Waals surface area contributed by atoms with E-state index < -0.39 is 6.10 Å². The van der Waals surface area contributed by atoms with Gasteiger partial charge in [0.1, 0.15) is 0 Å². The van der Waals surface area contributed by atoms with Crippen LogP contribution >= 0.6 is 0 Å². The molecule has 4 nitrogen and oxygen atoms in total. The third kappa shape index (κ3) is 12.1. The number of hydrogen-bond acceptors (Lipinski definition) is 4. The van der Waals surface area contributed by atoms with Crippen molar-refractivity contribution in [3.05, 3.63) is 0 Å². The maximum absolute atomic E-state index is 9.97. The van der Waals surface area contributed by atoms with E-state index in [9.17, 15) is 5.11 Å². The number of methoxy groups -OCH3 is 1. The van der Waals surface area contributed by atoms with Gasteiger partial charge in [-0.2, -0.15) is 0 Å². The van der Waals surface area contributed by atoms with Crippen LogP contribution < -0.4 is 5.32 Å². The first kappa shape index (κ1) is 20.8. The molecule has 0 saturated carbocycles. The van der Waals surface area contributed by atoms with E-state index in [0.717, 1.165) is 25.9 Å². The highest BCUT2D eigenvalue weighted by molar-refractivity contribution is 4.69. The zero-order valence-corrected chi connectivity index (χ0v) is 14.6. The summed E-state index contributed by atoms with van der Waals surface area (Å²) in [6, 6.07) is 0.322. The molecule has 128 valence electrons. The summed E-state index contributed by atoms with van der Waals surface area (Å²) in [6.07, 6.45) is 6.63. The van der Waals surface area contributed by atoms with Crippen molar-refractivity contribution in [1.29, 1.82) is 0 Å². The molecule has 0 heterocycles. The molecule has 21 heavy (non-hydrogen) atoms. The van der Waals surface area contributed by atoms with E-state index in [-0.39, 0.29) is 0 Å². The topological polar surface area (TPSA) is 50.7 Å². The van der Waals surface area contributed by atoms with Gasteiger partial charge in [-0.15, -0.1) is 0 Å². The number of aliphatic hydroxyl groups is 1. The standard InChI is InChI=1S/C17H37NO3/c1-5-8-10-15(7-3)12-21-14-17(19)11-18-16(9-6-2)13-20-4/h15-19H,5-14H2,1-4H3. The van der Waals surface area contributed by atoms with Crippen LogP contribution in [-0.4, -0.2) is 50.7 Å². The summed E-state index contributed by atoms with van der Waals surface area (Å²) < 4.78 is 10.9. The highest BCUT2D eigenvalue weighted by Gasteiger charge is 2.12. The van der Waals surface area contributed by atoms with E-state index in [4.69, 9.17) is 9.47 Å². The predicted octanol–water partition coefficient (Wildman–Crippen LogP) is 2.99. The van der Waals surface area contributed by atoms with Gasteiger partial charge in [0.2, 0.25) is 0 Å². The minimum atomic E-state index is -0.440. The fourth-order valence-electron chi connectivity index (χ4n) is 2.42. The van der Waals surface area contributed by atoms with Gasteiger partial charge in [-0.25, -0.2) is 0 Å². The number of nitrogens with one attached hydrogen (secondary N) is 1. The summed E-state index contributed by atoms with van der Waals surface area (Å²) >= 11 is 0. The Morgan fingerprint density at radius 2 is 1.76 bits per heavy atom. The van der Waals surface area contributed by atoms with E-state index in [1.54, 1.807) is 7.11 Å². The van der Waals surface area contributed by atoms with Crippen LogP contribution in [0.4, 0.5) is 0 Å². The maximum atomic E-state index is 9.97. The summed E-state index contributed by atoms with van der Waals surface area (Å²) in [6.45, 7) is 9.03. The number of hydrogen-bond donors (Lipinski definition) is 2. The van der Waals surface area contributed by atoms with Crippen LogP contribution in [0.25, 0.3) is 0 Å². The van der Waals surface area contributed by atoms with Gasteiger partial charge in [0.15, 0.2) is 0 Å². The highest BCUT2D eigenvalue weighted by atomic mass is 16.5. The minimum absolute atomic E-state index is 0.322. The van der Waals surface area contributed by atoms with Gasteiger partial charge >= 0.3 is 0 Å². The number of aliphatic hydroxyl groups excluding tert-OH is 1. The summed E-state index contributed by atoms with van der Waals surface area (Å²) in [5, 5.41) is 13.3. The van der Waals surface area contributed by atoms with Gasteiger partial charge in [0.05, 0.1) is 19.3 Å². The van der Waals surface area contributed by atoms with E-state index in [1.165, 1.54) is 19.3 Å². The second-order valence-corrected chi connectivity index (χ2v) is 5.96. The molecule has 0 aromatic rings. The fourth-order valence-corrected chi connectivity index (χ4v) is 2.42. The Morgan fingerprint density at radius 1 is 1.00 bits per heavy atom. The minimum Gasteiger partial charge on any atom is -0.389 e. The zero-order valence-electron chi connectivity index (χ0n) is 14.6. The van der Waals surface area contributed by atoms with Gasteiger partial charge in [-0.05, 0) is 18.8 Å². The molecule has 0 radical (unpaired) electrons. The lowest BCUT2D eigenvalue weighted by Crippen LogP contribution is -2.40. The van der Waals surface area contributed by atoms with Crippen LogP contribution in [-0.2, 0) is 9.47 Å². The molecule has 2 N–H and O–H groups in total. The van der Waals surface area contributed by atoms with Crippen LogP contribution in [0.5, 0.6) is 0 Å². The van der Waals surface area contributed by atoms with Gasteiger partial charge in [0, 0.05) is 26.3 Å². The molecule has 3 unspecified atom stereocenters. The van der Waals surface area contributed by atoms with E-state index >= 15 is 0 Å². The van der Waals surface area contributed by atoms with Crippen LogP contribution in [0.2, 0.25) is 0 Å². The van der Waals surface area contributed by atoms with Crippen LogP contribution in [0.1, 0.15) is 59.3 Å². The molecule has 0 saturated heterocycles. The lowest BCUT2D eigenvalue weighted by molar-refractivity contribution is 0.0168. The Bertz CT molecular complexity index is 208. The average Bonchev–Trinajstić information content (AvgIpc) is 2.48. The number of ether oxygens (including phenoxy) is 2. The fraction of sp³-hybridized carbons (Fsp3) is 1.00. The van der Waals surface area contributed by atoms with Crippen LogP contribution in [0.15, 0.2) is 0 Å². The third-order valence-electron chi connectivity index (χ3n) is 3.85. The average molecular weight is 303 g/mol. The number of unbranched alkanes of at least 4 members (excludes halogenated alkanes) is 1. The SMILES string of the molecule is CCCCC(CC)COCC(O)CNC(CCC)COC. The molecule has 0 aromatic carbocycles. The molecular weight excluding hydrogens is 266 g/mol. The lowest BCUT2D eigenvalue weighted by Gasteiger charge is -2.20. The summed E-state index contributed by atoms with van der Waals surface area (Å²) in [4.78, 5) is 0. The first-order chi connectivity index (χ1) is 10.2. The van der Waals surface area contributed by atoms with Crippen molar-refractivity contribution in [3.63, 3.8) is 0 Å². The molecule has 0 fully saturated rings. The van der Waals surface area contributed by atoms with Crippen molar-refractivity contribution in [1.82, 2.24) is 5.32 Å². The Morgan fingerprint density at radius 3 is 2.33 bits per heavy atom. The summed E-state index contributed by atoms with van der Waals surface area (Å²) in [7, 11) is 1.71. The molecular formula is C17H37NO3. The molecule has 0 spiro atoms. The Kier molecular flexibility index (Phi) is 14.7. The Labute approximate surface area is 131 Å². The maximum Gasteiger partial charge on any atom is 0.0897 e. The second kappa shape index (κ2) is 14.8. The first-order valence-electron chi connectivity index (χ1n) is 8.65. The van der Waals surface area contributed by atoms with Crippen molar-refractivity contribution in [2.24, 2.45) is 5.92 Å². The molecule has 0 amide bonds. The summed E-state index contributed by atoms with van der Waals surface area (Å²) in [5.74, 6) is 0.631. The normalized spacial score (nSPS) is 15.9. The van der Waals surface area contributed by atoms with Crippen molar-refractivity contribution in [2.75, 3.05) is 33.5 Å². The van der Waals surface area contributed by atoms with Crippen LogP contribution in [0.3, 0.4) is 0 Å². The molecule has 0 aliphatic carbocycles. The van der Waals surface area contributed by atoms with Gasteiger partial charge < -0.3 is 19.9 Å². The first-order valence-corrected chi connectivity index (χ1v) is 8.65. The molecule has 0 aliphatic rings. The lowest BCUT2D eigenvalue weighted by atomic mass is 10.0. The molecule has 0 aromatic heterocycles. The molecule has 4 heteroatoms. The van der Waals surface area contributed by atoms with Crippen molar-refractivity contribution in [3.8, 4) is 0 Å². The Balaban J connectivity index is 3.74. The van der Waals surface area contributed by atoms with Gasteiger partial charge in [-0.1, -0.05) is 46.5 Å². The highest BCUT2D eigenvalue weighted by Crippen LogP contribution is 2.12. The smallest absolute Gasteiger partial charge is 0.0897 e. The quantitative estimate of drug-likeness (QED) is 0.488. The molecule has 0 rings (SSSR count). The zero-order chi connectivity index (χ0) is 15.9. The van der Waals surface area contributed by atoms with E-state index in [2.05, 4.69) is 26.1 Å². The second-order valence-electron chi connectivity index (χ2n) is 5.96. The molecule has 0 aliphatic heterocycles. The van der Waals surface area contributed by atoms with Crippen molar-refractivity contribution in [2.45, 2.75) is 71.4 Å². The van der Waals surface area contributed by atoms with E-state index in [1.807, 2.05) is 0 Å². The number of rotatable bonds is 15. The molecule has 3 atom stereocenters. The van der Waals surface area contributed by atoms with Gasteiger partial charge in [0.25, 0.3) is 0 Å². The van der Waals surface area contributed by atoms with Crippen molar-refractivity contribution < 1.29 is 14.6 Å². The van der Waals surface area contributed by atoms with Gasteiger partial charge in [-0.3, -0.25) is 0 Å². The van der Waals surface area contributed by atoms with Crippen molar-refractivity contribution >= 4 is 0 Å². The monoisotopic (exact) mass is 303 g/mol. The van der Waals surface area contributed by atoms with E-state index in [0.29, 0.717) is 31.7 Å². The predicted molar refractivity (Wildman–Crippen MR) is 88.7 cm³/mol. The summed E-state index contributed by atoms with van der Waals surface area (Å²) in [5.41, 5.74) is 0. The third-order valence-corrected chi connectivity index (χ3v) is 3.85. The largest absolute Gasteiger partial charge is 0.389 e. The Hall–Kier alpha value is -0.160.